The fraction of sp³-hybridized carbons (Fsp3) is 0.261. The first-order chi connectivity index (χ1) is 14.7. The average Bonchev–Trinajstić information content (AvgIpc) is 3.58. The van der Waals surface area contributed by atoms with Gasteiger partial charge in [-0.25, -0.2) is 4.98 Å². The van der Waals surface area contributed by atoms with Crippen LogP contribution in [0.3, 0.4) is 0 Å². The van der Waals surface area contributed by atoms with Crippen LogP contribution in [0.4, 0.5) is 23.1 Å². The molecule has 3 aromatic rings. The van der Waals surface area contributed by atoms with Crippen molar-refractivity contribution < 1.29 is 9.90 Å². The van der Waals surface area contributed by atoms with Gasteiger partial charge in [0.05, 0.1) is 0 Å². The number of nitrogens with zero attached hydrogens (tertiary/aromatic N) is 3. The van der Waals surface area contributed by atoms with Crippen LogP contribution in [0.25, 0.3) is 0 Å². The zero-order chi connectivity index (χ0) is 20.5. The molecule has 1 aliphatic carbocycles. The van der Waals surface area contributed by atoms with Gasteiger partial charge < -0.3 is 20.6 Å². The third-order valence-corrected chi connectivity index (χ3v) is 5.41. The summed E-state index contributed by atoms with van der Waals surface area (Å²) in [6.45, 7) is 0.860. The molecule has 2 aromatic carbocycles. The molecule has 0 bridgehead atoms. The van der Waals surface area contributed by atoms with E-state index in [1.165, 1.54) is 0 Å². The predicted molar refractivity (Wildman–Crippen MR) is 116 cm³/mol. The van der Waals surface area contributed by atoms with Crippen LogP contribution in [0.15, 0.2) is 54.7 Å². The normalized spacial score (nSPS) is 15.4. The third kappa shape index (κ3) is 3.91. The molecule has 152 valence electrons. The number of amides is 1. The van der Waals surface area contributed by atoms with Crippen molar-refractivity contribution in [3.63, 3.8) is 0 Å². The van der Waals surface area contributed by atoms with Gasteiger partial charge in [0.15, 0.2) is 0 Å². The number of fused-ring (bicyclic) bond motifs is 1. The zero-order valence-electron chi connectivity index (χ0n) is 16.5. The first kappa shape index (κ1) is 18.4. The molecule has 1 saturated carbocycles. The summed E-state index contributed by atoms with van der Waals surface area (Å²) in [5.74, 6) is 1.56. The Morgan fingerprint density at radius 1 is 1.10 bits per heavy atom. The van der Waals surface area contributed by atoms with Crippen LogP contribution in [0.5, 0.6) is 5.75 Å². The summed E-state index contributed by atoms with van der Waals surface area (Å²) in [6.07, 6.45) is 5.81. The lowest BCUT2D eigenvalue weighted by atomic mass is 10.0. The van der Waals surface area contributed by atoms with Crippen LogP contribution in [-0.4, -0.2) is 33.6 Å². The lowest BCUT2D eigenvalue weighted by Gasteiger charge is -2.30. The van der Waals surface area contributed by atoms with E-state index >= 15 is 0 Å². The smallest absolute Gasteiger partial charge is 0.251 e. The number of phenolic OH excluding ortho intramolecular Hbond substituents is 1. The number of hydrogen-bond acceptors (Lipinski definition) is 6. The number of phenols is 1. The van der Waals surface area contributed by atoms with Gasteiger partial charge in [-0.1, -0.05) is 0 Å². The Labute approximate surface area is 174 Å². The van der Waals surface area contributed by atoms with Gasteiger partial charge in [-0.3, -0.25) is 4.79 Å². The van der Waals surface area contributed by atoms with Gasteiger partial charge >= 0.3 is 0 Å². The highest BCUT2D eigenvalue weighted by Crippen LogP contribution is 2.34. The van der Waals surface area contributed by atoms with Crippen LogP contribution >= 0.6 is 0 Å². The summed E-state index contributed by atoms with van der Waals surface area (Å²) < 4.78 is 0. The molecular formula is C23H23N5O2. The second-order valence-corrected chi connectivity index (χ2v) is 7.76. The number of anilines is 4. The molecule has 0 saturated heterocycles. The van der Waals surface area contributed by atoms with E-state index in [1.54, 1.807) is 24.4 Å². The summed E-state index contributed by atoms with van der Waals surface area (Å²) in [4.78, 5) is 23.3. The number of aromatic nitrogens is 2. The maximum atomic E-state index is 12.1. The Hall–Kier alpha value is -3.61. The van der Waals surface area contributed by atoms with Crippen molar-refractivity contribution in [2.24, 2.45) is 0 Å². The minimum Gasteiger partial charge on any atom is -0.508 e. The summed E-state index contributed by atoms with van der Waals surface area (Å²) in [5.41, 5.74) is 3.65. The number of rotatable bonds is 5. The SMILES string of the molecule is O=C(NC1CC1)c1ccc(Nc2nccc(N3CCCc4cc(O)ccc43)n2)cc1. The number of carbonyl (C=O) groups excluding carboxylic acids is 1. The molecule has 0 atom stereocenters. The maximum Gasteiger partial charge on any atom is 0.251 e. The minimum absolute atomic E-state index is 0.0305. The van der Waals surface area contributed by atoms with Crippen molar-refractivity contribution in [2.75, 3.05) is 16.8 Å². The molecule has 1 fully saturated rings. The monoisotopic (exact) mass is 401 g/mol. The van der Waals surface area contributed by atoms with Crippen LogP contribution in [0.1, 0.15) is 35.2 Å². The van der Waals surface area contributed by atoms with Gasteiger partial charge in [0.2, 0.25) is 5.95 Å². The van der Waals surface area contributed by atoms with Crippen LogP contribution in [-0.2, 0) is 6.42 Å². The molecule has 1 amide bonds. The molecule has 2 heterocycles. The van der Waals surface area contributed by atoms with Crippen LogP contribution in [0, 0.1) is 0 Å². The van der Waals surface area contributed by atoms with Gasteiger partial charge in [0.25, 0.3) is 5.91 Å². The molecule has 7 heteroatoms. The number of nitrogens with one attached hydrogen (secondary N) is 2. The van der Waals surface area contributed by atoms with Gasteiger partial charge in [-0.05, 0) is 79.8 Å². The van der Waals surface area contributed by atoms with E-state index in [2.05, 4.69) is 25.5 Å². The van der Waals surface area contributed by atoms with E-state index in [9.17, 15) is 9.90 Å². The maximum absolute atomic E-state index is 12.1. The van der Waals surface area contributed by atoms with E-state index in [1.807, 2.05) is 30.3 Å². The number of aryl methyl sites for hydroxylation is 1. The first-order valence-electron chi connectivity index (χ1n) is 10.3. The van der Waals surface area contributed by atoms with Gasteiger partial charge in [0, 0.05) is 35.7 Å². The number of carbonyl (C=O) groups is 1. The molecule has 0 spiro atoms. The van der Waals surface area contributed by atoms with Gasteiger partial charge in [-0.2, -0.15) is 4.98 Å². The molecule has 0 radical (unpaired) electrons. The Balaban J connectivity index is 1.33. The zero-order valence-corrected chi connectivity index (χ0v) is 16.5. The second-order valence-electron chi connectivity index (χ2n) is 7.76. The van der Waals surface area contributed by atoms with E-state index in [4.69, 9.17) is 0 Å². The standard InChI is InChI=1S/C23H23N5O2/c29-19-9-10-20-16(14-19)2-1-13-28(20)21-11-12-24-23(27-21)26-18-5-3-15(4-6-18)22(30)25-17-7-8-17/h3-6,9-12,14,17,29H,1-2,7-8,13H2,(H,25,30)(H,24,26,27). The molecule has 0 unspecified atom stereocenters. The van der Waals surface area contributed by atoms with Gasteiger partial charge in [0.1, 0.15) is 11.6 Å². The molecule has 30 heavy (non-hydrogen) atoms. The summed E-state index contributed by atoms with van der Waals surface area (Å²) in [5, 5.41) is 16.0. The summed E-state index contributed by atoms with van der Waals surface area (Å²) in [7, 11) is 0. The van der Waals surface area contributed by atoms with Gasteiger partial charge in [-0.15, -0.1) is 0 Å². The molecule has 1 aliphatic heterocycles. The second kappa shape index (κ2) is 7.67. The largest absolute Gasteiger partial charge is 0.508 e. The van der Waals surface area contributed by atoms with Crippen molar-refractivity contribution in [1.82, 2.24) is 15.3 Å². The Kier molecular flexibility index (Phi) is 4.71. The van der Waals surface area contributed by atoms with Crippen LogP contribution < -0.4 is 15.5 Å². The fourth-order valence-corrected chi connectivity index (χ4v) is 3.71. The van der Waals surface area contributed by atoms with Crippen molar-refractivity contribution in [2.45, 2.75) is 31.7 Å². The highest BCUT2D eigenvalue weighted by Gasteiger charge is 2.23. The molecule has 5 rings (SSSR count). The predicted octanol–water partition coefficient (Wildman–Crippen LogP) is 3.90. The molecule has 1 aromatic heterocycles. The lowest BCUT2D eigenvalue weighted by Crippen LogP contribution is -2.25. The van der Waals surface area contributed by atoms with Crippen molar-refractivity contribution >= 4 is 29.0 Å². The summed E-state index contributed by atoms with van der Waals surface area (Å²) >= 11 is 0. The van der Waals surface area contributed by atoms with E-state index in [0.717, 1.165) is 55.0 Å². The quantitative estimate of drug-likeness (QED) is 0.601. The lowest BCUT2D eigenvalue weighted by molar-refractivity contribution is 0.0951. The minimum atomic E-state index is -0.0305. The number of hydrogen-bond donors (Lipinski definition) is 3. The first-order valence-corrected chi connectivity index (χ1v) is 10.3. The number of aromatic hydroxyl groups is 1. The highest BCUT2D eigenvalue weighted by molar-refractivity contribution is 5.95. The van der Waals surface area contributed by atoms with E-state index < -0.39 is 0 Å². The third-order valence-electron chi connectivity index (χ3n) is 5.41. The van der Waals surface area contributed by atoms with E-state index in [0.29, 0.717) is 17.6 Å². The molecule has 2 aliphatic rings. The highest BCUT2D eigenvalue weighted by atomic mass is 16.3. The summed E-state index contributed by atoms with van der Waals surface area (Å²) in [6, 6.07) is 15.0. The van der Waals surface area contributed by atoms with Crippen molar-refractivity contribution in [3.05, 3.63) is 65.9 Å². The van der Waals surface area contributed by atoms with E-state index in [-0.39, 0.29) is 11.7 Å². The Bertz CT molecular complexity index is 1080. The average molecular weight is 401 g/mol. The van der Waals surface area contributed by atoms with Crippen molar-refractivity contribution in [3.8, 4) is 5.75 Å². The topological polar surface area (TPSA) is 90.4 Å². The molecular weight excluding hydrogens is 378 g/mol. The molecule has 3 N–H and O–H groups in total. The number of benzene rings is 2. The Morgan fingerprint density at radius 3 is 2.73 bits per heavy atom. The molecule has 7 nitrogen and oxygen atoms in total. The fourth-order valence-electron chi connectivity index (χ4n) is 3.71. The van der Waals surface area contributed by atoms with Crippen LogP contribution in [0.2, 0.25) is 0 Å². The van der Waals surface area contributed by atoms with Crippen molar-refractivity contribution in [1.29, 1.82) is 0 Å². The Morgan fingerprint density at radius 2 is 1.93 bits per heavy atom.